The molecule has 1 N–H and O–H groups in total. The fourth-order valence-electron chi connectivity index (χ4n) is 6.47. The molecule has 9 heteroatoms. The van der Waals surface area contributed by atoms with Crippen molar-refractivity contribution in [2.75, 3.05) is 13.2 Å². The van der Waals surface area contributed by atoms with Gasteiger partial charge in [-0.1, -0.05) is 59.1 Å². The van der Waals surface area contributed by atoms with E-state index in [1.807, 2.05) is 89.2 Å². The lowest BCUT2D eigenvalue weighted by atomic mass is 9.75. The maximum atomic E-state index is 11.6. The van der Waals surface area contributed by atoms with Crippen LogP contribution in [0.3, 0.4) is 0 Å². The second-order valence-corrected chi connectivity index (χ2v) is 14.0. The van der Waals surface area contributed by atoms with Gasteiger partial charge in [0.25, 0.3) is 0 Å². The van der Waals surface area contributed by atoms with E-state index >= 15 is 0 Å². The van der Waals surface area contributed by atoms with E-state index in [1.54, 1.807) is 12.1 Å². The molecule has 0 amide bonds. The van der Waals surface area contributed by atoms with Crippen LogP contribution in [0.25, 0.3) is 0 Å². The minimum atomic E-state index is -1.08. The average Bonchev–Trinajstić information content (AvgIpc) is 3.05. The third-order valence-electron chi connectivity index (χ3n) is 8.94. The first kappa shape index (κ1) is 36.6. The average molecular weight is 724 g/mol. The number of aliphatic carboxylic acids is 1. The summed E-state index contributed by atoms with van der Waals surface area (Å²) in [4.78, 5) is 11.6. The molecule has 1 saturated heterocycles. The molecule has 4 atom stereocenters. The van der Waals surface area contributed by atoms with E-state index in [0.717, 1.165) is 50.6 Å². The van der Waals surface area contributed by atoms with E-state index in [1.165, 1.54) is 0 Å². The van der Waals surface area contributed by atoms with Gasteiger partial charge in [-0.15, -0.1) is 0 Å². The standard InChI is InChI=1S/C40H41Cl3O6/c1-22(2)32-20-33(27-7-9-28(41)10-8-27)36(13-14-46-30-15-23(3)38(42)24(4)16-30)49-40(32)34-19-29(11-12-35(34)47-21-37(44)45)48-31-17-25(5)39(43)26(6)18-31/h7-12,15-19,32-33,36,40H,1,13-14,20-21H2,2-6H3,(H,44,45)/t32-,33-,36+,40+/m0/s1. The van der Waals surface area contributed by atoms with Crippen LogP contribution in [0.4, 0.5) is 0 Å². The second kappa shape index (κ2) is 15.9. The van der Waals surface area contributed by atoms with Crippen LogP contribution in [0.2, 0.25) is 15.1 Å². The Morgan fingerprint density at radius 2 is 1.43 bits per heavy atom. The number of carboxylic acid groups (broad SMARTS) is 1. The summed E-state index contributed by atoms with van der Waals surface area (Å²) in [6, 6.07) is 20.9. The van der Waals surface area contributed by atoms with Crippen molar-refractivity contribution >= 4 is 40.8 Å². The molecule has 1 fully saturated rings. The van der Waals surface area contributed by atoms with Crippen molar-refractivity contribution in [2.24, 2.45) is 5.92 Å². The van der Waals surface area contributed by atoms with Crippen molar-refractivity contribution in [1.82, 2.24) is 0 Å². The lowest BCUT2D eigenvalue weighted by molar-refractivity contribution is -0.139. The normalized spacial score (nSPS) is 18.9. The summed E-state index contributed by atoms with van der Waals surface area (Å²) in [5.74, 6) is 1.15. The number of rotatable bonds is 12. The molecule has 0 unspecified atom stereocenters. The highest BCUT2D eigenvalue weighted by atomic mass is 35.5. The van der Waals surface area contributed by atoms with Gasteiger partial charge in [0.2, 0.25) is 0 Å². The number of carbonyl (C=O) groups is 1. The molecule has 0 aromatic heterocycles. The molecule has 0 aliphatic carbocycles. The van der Waals surface area contributed by atoms with Gasteiger partial charge in [-0.05, 0) is 123 Å². The van der Waals surface area contributed by atoms with Gasteiger partial charge in [0, 0.05) is 38.9 Å². The van der Waals surface area contributed by atoms with Gasteiger partial charge in [0.05, 0.1) is 18.8 Å². The van der Waals surface area contributed by atoms with Crippen LogP contribution in [0.15, 0.2) is 78.9 Å². The van der Waals surface area contributed by atoms with Crippen LogP contribution in [0.1, 0.15) is 65.2 Å². The predicted molar refractivity (Wildman–Crippen MR) is 196 cm³/mol. The van der Waals surface area contributed by atoms with Gasteiger partial charge in [-0.2, -0.15) is 0 Å². The maximum Gasteiger partial charge on any atom is 0.341 e. The zero-order valence-electron chi connectivity index (χ0n) is 28.3. The first-order valence-corrected chi connectivity index (χ1v) is 17.3. The van der Waals surface area contributed by atoms with Gasteiger partial charge < -0.3 is 24.1 Å². The fourth-order valence-corrected chi connectivity index (χ4v) is 6.82. The molecule has 4 aromatic carbocycles. The Labute approximate surface area is 303 Å². The number of hydrogen-bond donors (Lipinski definition) is 1. The number of aryl methyl sites for hydroxylation is 4. The summed E-state index contributed by atoms with van der Waals surface area (Å²) in [5, 5.41) is 11.5. The first-order chi connectivity index (χ1) is 23.3. The summed E-state index contributed by atoms with van der Waals surface area (Å²) in [6.07, 6.45) is 0.532. The zero-order chi connectivity index (χ0) is 35.4. The molecule has 0 radical (unpaired) electrons. The molecule has 49 heavy (non-hydrogen) atoms. The van der Waals surface area contributed by atoms with E-state index in [9.17, 15) is 9.90 Å². The van der Waals surface area contributed by atoms with E-state index in [2.05, 4.69) is 6.58 Å². The molecule has 6 nitrogen and oxygen atoms in total. The maximum absolute atomic E-state index is 11.6. The molecule has 1 aliphatic heterocycles. The third kappa shape index (κ3) is 8.92. The summed E-state index contributed by atoms with van der Waals surface area (Å²) < 4.78 is 25.5. The molecule has 0 spiro atoms. The molecule has 1 aliphatic rings. The van der Waals surface area contributed by atoms with Crippen molar-refractivity contribution in [3.05, 3.63) is 127 Å². The summed E-state index contributed by atoms with van der Waals surface area (Å²) >= 11 is 19.1. The Bertz CT molecular complexity index is 1790. The highest BCUT2D eigenvalue weighted by Crippen LogP contribution is 2.50. The molecule has 258 valence electrons. The van der Waals surface area contributed by atoms with Gasteiger partial charge in [0.15, 0.2) is 6.61 Å². The van der Waals surface area contributed by atoms with Crippen LogP contribution >= 0.6 is 34.8 Å². The molecule has 5 rings (SSSR count). The van der Waals surface area contributed by atoms with E-state index in [0.29, 0.717) is 45.9 Å². The van der Waals surface area contributed by atoms with Gasteiger partial charge in [0.1, 0.15) is 23.0 Å². The Morgan fingerprint density at radius 1 is 0.837 bits per heavy atom. The second-order valence-electron chi connectivity index (χ2n) is 12.8. The fraction of sp³-hybridized carbons (Fsp3) is 0.325. The van der Waals surface area contributed by atoms with Crippen LogP contribution in [-0.2, 0) is 9.53 Å². The van der Waals surface area contributed by atoms with Crippen LogP contribution in [-0.4, -0.2) is 30.4 Å². The van der Waals surface area contributed by atoms with Gasteiger partial charge >= 0.3 is 5.97 Å². The minimum absolute atomic E-state index is 0.00958. The number of ether oxygens (including phenoxy) is 4. The van der Waals surface area contributed by atoms with Crippen molar-refractivity contribution in [3.8, 4) is 23.0 Å². The lowest BCUT2D eigenvalue weighted by Gasteiger charge is -2.43. The molecular formula is C40H41Cl3O6. The van der Waals surface area contributed by atoms with Gasteiger partial charge in [-0.3, -0.25) is 0 Å². The molecule has 1 heterocycles. The van der Waals surface area contributed by atoms with E-state index < -0.39 is 18.7 Å². The van der Waals surface area contributed by atoms with E-state index in [-0.39, 0.29) is 17.9 Å². The SMILES string of the molecule is C=C(C)[C@@H]1C[C@@H](c2ccc(Cl)cc2)[C@@H](CCOc2cc(C)c(Cl)c(C)c2)O[C@H]1c1cc(Oc2cc(C)c(Cl)c(C)c2)ccc1OCC(=O)O. The number of halogens is 3. The highest BCUT2D eigenvalue weighted by molar-refractivity contribution is 6.32. The van der Waals surface area contributed by atoms with Crippen LogP contribution in [0, 0.1) is 33.6 Å². The Kier molecular flexibility index (Phi) is 11.9. The largest absolute Gasteiger partial charge is 0.493 e. The Hall–Kier alpha value is -3.68. The van der Waals surface area contributed by atoms with E-state index in [4.69, 9.17) is 53.8 Å². The predicted octanol–water partition coefficient (Wildman–Crippen LogP) is 11.4. The molecule has 4 aromatic rings. The van der Waals surface area contributed by atoms with Crippen molar-refractivity contribution in [1.29, 1.82) is 0 Å². The smallest absolute Gasteiger partial charge is 0.341 e. The lowest BCUT2D eigenvalue weighted by Crippen LogP contribution is -2.37. The molecular weight excluding hydrogens is 683 g/mol. The van der Waals surface area contributed by atoms with Crippen molar-refractivity contribution in [2.45, 2.75) is 65.6 Å². The highest BCUT2D eigenvalue weighted by Gasteiger charge is 2.41. The third-order valence-corrected chi connectivity index (χ3v) is 10.4. The number of carboxylic acids is 1. The number of hydrogen-bond acceptors (Lipinski definition) is 5. The van der Waals surface area contributed by atoms with Crippen molar-refractivity contribution in [3.63, 3.8) is 0 Å². The Morgan fingerprint density at radius 3 is 2.00 bits per heavy atom. The van der Waals surface area contributed by atoms with Crippen LogP contribution in [0.5, 0.6) is 23.0 Å². The number of benzene rings is 4. The molecule has 0 bridgehead atoms. The van der Waals surface area contributed by atoms with Crippen molar-refractivity contribution < 1.29 is 28.8 Å². The van der Waals surface area contributed by atoms with Gasteiger partial charge in [-0.25, -0.2) is 4.79 Å². The monoisotopic (exact) mass is 722 g/mol. The topological polar surface area (TPSA) is 74.2 Å². The summed E-state index contributed by atoms with van der Waals surface area (Å²) in [6.45, 7) is 14.0. The zero-order valence-corrected chi connectivity index (χ0v) is 30.6. The minimum Gasteiger partial charge on any atom is -0.493 e. The summed E-state index contributed by atoms with van der Waals surface area (Å²) in [5.41, 5.74) is 6.42. The quantitative estimate of drug-likeness (QED) is 0.147. The summed E-state index contributed by atoms with van der Waals surface area (Å²) in [7, 11) is 0. The molecule has 0 saturated carbocycles. The Balaban J connectivity index is 1.51. The van der Waals surface area contributed by atoms with Crippen LogP contribution < -0.4 is 14.2 Å². The first-order valence-electron chi connectivity index (χ1n) is 16.2.